The SMILES string of the molecule is CCCNc1cc(N2CCCc3ccccc32)ccn1. The van der Waals surface area contributed by atoms with Crippen molar-refractivity contribution in [2.24, 2.45) is 0 Å². The number of hydrogen-bond donors (Lipinski definition) is 1. The zero-order valence-corrected chi connectivity index (χ0v) is 12.0. The van der Waals surface area contributed by atoms with Gasteiger partial charge in [0.1, 0.15) is 5.82 Å². The first-order valence-electron chi connectivity index (χ1n) is 7.44. The molecule has 1 N–H and O–H groups in total. The zero-order chi connectivity index (χ0) is 13.8. The molecule has 1 aliphatic rings. The molecule has 0 bridgehead atoms. The van der Waals surface area contributed by atoms with Gasteiger partial charge >= 0.3 is 0 Å². The second kappa shape index (κ2) is 5.95. The predicted molar refractivity (Wildman–Crippen MR) is 84.8 cm³/mol. The van der Waals surface area contributed by atoms with Gasteiger partial charge in [0.05, 0.1) is 0 Å². The van der Waals surface area contributed by atoms with E-state index >= 15 is 0 Å². The van der Waals surface area contributed by atoms with E-state index in [1.807, 2.05) is 6.20 Å². The van der Waals surface area contributed by atoms with E-state index in [4.69, 9.17) is 0 Å². The van der Waals surface area contributed by atoms with Crippen LogP contribution in [0.3, 0.4) is 0 Å². The molecule has 0 radical (unpaired) electrons. The molecule has 1 aromatic carbocycles. The molecule has 3 heteroatoms. The third-order valence-corrected chi connectivity index (χ3v) is 3.72. The molecule has 0 spiro atoms. The molecule has 0 unspecified atom stereocenters. The monoisotopic (exact) mass is 267 g/mol. The average molecular weight is 267 g/mol. The van der Waals surface area contributed by atoms with Crippen LogP contribution in [0, 0.1) is 0 Å². The van der Waals surface area contributed by atoms with Crippen LogP contribution < -0.4 is 10.2 Å². The lowest BCUT2D eigenvalue weighted by atomic mass is 10.0. The van der Waals surface area contributed by atoms with E-state index in [0.717, 1.165) is 25.3 Å². The fraction of sp³-hybridized carbons (Fsp3) is 0.353. The summed E-state index contributed by atoms with van der Waals surface area (Å²) in [6.07, 6.45) is 5.39. The van der Waals surface area contributed by atoms with Gasteiger partial charge in [-0.25, -0.2) is 4.98 Å². The summed E-state index contributed by atoms with van der Waals surface area (Å²) in [6, 6.07) is 12.9. The van der Waals surface area contributed by atoms with Crippen LogP contribution in [0.15, 0.2) is 42.6 Å². The van der Waals surface area contributed by atoms with Gasteiger partial charge in [0.25, 0.3) is 0 Å². The molecular weight excluding hydrogens is 246 g/mol. The maximum absolute atomic E-state index is 4.39. The van der Waals surface area contributed by atoms with Gasteiger partial charge in [0.2, 0.25) is 0 Å². The topological polar surface area (TPSA) is 28.2 Å². The number of benzene rings is 1. The van der Waals surface area contributed by atoms with Crippen LogP contribution in [0.1, 0.15) is 25.3 Å². The summed E-state index contributed by atoms with van der Waals surface area (Å²) >= 11 is 0. The van der Waals surface area contributed by atoms with E-state index in [1.54, 1.807) is 0 Å². The molecule has 2 heterocycles. The Morgan fingerprint density at radius 1 is 1.25 bits per heavy atom. The van der Waals surface area contributed by atoms with Crippen molar-refractivity contribution in [3.63, 3.8) is 0 Å². The van der Waals surface area contributed by atoms with Crippen molar-refractivity contribution in [1.82, 2.24) is 4.98 Å². The smallest absolute Gasteiger partial charge is 0.127 e. The van der Waals surface area contributed by atoms with Crippen LogP contribution in [0.5, 0.6) is 0 Å². The molecule has 1 aromatic heterocycles. The Bertz CT molecular complexity index is 580. The molecule has 0 fully saturated rings. The second-order valence-electron chi connectivity index (χ2n) is 5.21. The zero-order valence-electron chi connectivity index (χ0n) is 12.0. The normalized spacial score (nSPS) is 13.9. The fourth-order valence-electron chi connectivity index (χ4n) is 2.74. The highest BCUT2D eigenvalue weighted by Gasteiger charge is 2.17. The van der Waals surface area contributed by atoms with E-state index in [1.165, 1.54) is 29.8 Å². The lowest BCUT2D eigenvalue weighted by Gasteiger charge is -2.31. The van der Waals surface area contributed by atoms with Gasteiger partial charge in [-0.2, -0.15) is 0 Å². The summed E-state index contributed by atoms with van der Waals surface area (Å²) in [7, 11) is 0. The van der Waals surface area contributed by atoms with Gasteiger partial charge in [-0.3, -0.25) is 0 Å². The average Bonchev–Trinajstić information content (AvgIpc) is 2.52. The Balaban J connectivity index is 1.90. The van der Waals surface area contributed by atoms with Crippen LogP contribution in [0.2, 0.25) is 0 Å². The van der Waals surface area contributed by atoms with Crippen molar-refractivity contribution in [3.05, 3.63) is 48.2 Å². The number of pyridine rings is 1. The van der Waals surface area contributed by atoms with Gasteiger partial charge in [-0.05, 0) is 37.0 Å². The minimum atomic E-state index is 0.965. The molecule has 0 atom stereocenters. The Hall–Kier alpha value is -2.03. The number of nitrogens with zero attached hydrogens (tertiary/aromatic N) is 2. The second-order valence-corrected chi connectivity index (χ2v) is 5.21. The summed E-state index contributed by atoms with van der Waals surface area (Å²) in [6.45, 7) is 4.21. The summed E-state index contributed by atoms with van der Waals surface area (Å²) in [4.78, 5) is 6.79. The minimum Gasteiger partial charge on any atom is -0.370 e. The van der Waals surface area contributed by atoms with Gasteiger partial charge in [0.15, 0.2) is 0 Å². The highest BCUT2D eigenvalue weighted by atomic mass is 15.1. The third-order valence-electron chi connectivity index (χ3n) is 3.72. The van der Waals surface area contributed by atoms with Gasteiger partial charge in [-0.15, -0.1) is 0 Å². The summed E-state index contributed by atoms with van der Waals surface area (Å²) in [5, 5.41) is 3.36. The van der Waals surface area contributed by atoms with Crippen LogP contribution >= 0.6 is 0 Å². The van der Waals surface area contributed by atoms with Gasteiger partial charge in [-0.1, -0.05) is 25.1 Å². The first kappa shape index (κ1) is 13.0. The molecule has 0 saturated carbocycles. The number of hydrogen-bond acceptors (Lipinski definition) is 3. The maximum atomic E-state index is 4.39. The molecule has 20 heavy (non-hydrogen) atoms. The third kappa shape index (κ3) is 2.62. The summed E-state index contributed by atoms with van der Waals surface area (Å²) in [5.41, 5.74) is 4.01. The summed E-state index contributed by atoms with van der Waals surface area (Å²) in [5.74, 6) is 0.965. The first-order valence-corrected chi connectivity index (χ1v) is 7.44. The van der Waals surface area contributed by atoms with Crippen molar-refractivity contribution in [3.8, 4) is 0 Å². The number of para-hydroxylation sites is 1. The van der Waals surface area contributed by atoms with Crippen LogP contribution in [0.4, 0.5) is 17.2 Å². The van der Waals surface area contributed by atoms with Crippen LogP contribution in [0.25, 0.3) is 0 Å². The molecule has 3 rings (SSSR count). The number of fused-ring (bicyclic) bond motifs is 1. The number of rotatable bonds is 4. The van der Waals surface area contributed by atoms with E-state index in [2.05, 4.69) is 58.5 Å². The quantitative estimate of drug-likeness (QED) is 0.908. The molecule has 0 saturated heterocycles. The summed E-state index contributed by atoms with van der Waals surface area (Å²) < 4.78 is 0. The Labute approximate surface area is 120 Å². The lowest BCUT2D eigenvalue weighted by Crippen LogP contribution is -2.24. The molecule has 104 valence electrons. The van der Waals surface area contributed by atoms with E-state index < -0.39 is 0 Å². The van der Waals surface area contributed by atoms with Crippen LogP contribution in [-0.4, -0.2) is 18.1 Å². The number of nitrogens with one attached hydrogen (secondary N) is 1. The Morgan fingerprint density at radius 2 is 2.15 bits per heavy atom. The molecule has 2 aromatic rings. The molecule has 1 aliphatic heterocycles. The van der Waals surface area contributed by atoms with Crippen molar-refractivity contribution in [2.45, 2.75) is 26.2 Å². The van der Waals surface area contributed by atoms with E-state index in [9.17, 15) is 0 Å². The van der Waals surface area contributed by atoms with E-state index in [0.29, 0.717) is 0 Å². The number of aromatic nitrogens is 1. The number of aryl methyl sites for hydroxylation is 1. The lowest BCUT2D eigenvalue weighted by molar-refractivity contribution is 0.766. The highest BCUT2D eigenvalue weighted by molar-refractivity contribution is 5.69. The fourth-order valence-corrected chi connectivity index (χ4v) is 2.74. The highest BCUT2D eigenvalue weighted by Crippen LogP contribution is 2.33. The molecule has 0 aliphatic carbocycles. The van der Waals surface area contributed by atoms with Gasteiger partial charge in [0, 0.05) is 36.7 Å². The van der Waals surface area contributed by atoms with Crippen molar-refractivity contribution >= 4 is 17.2 Å². The Morgan fingerprint density at radius 3 is 3.05 bits per heavy atom. The molecule has 0 amide bonds. The largest absolute Gasteiger partial charge is 0.370 e. The van der Waals surface area contributed by atoms with Crippen molar-refractivity contribution in [2.75, 3.05) is 23.3 Å². The van der Waals surface area contributed by atoms with Gasteiger partial charge < -0.3 is 10.2 Å². The Kier molecular flexibility index (Phi) is 3.86. The van der Waals surface area contributed by atoms with Crippen LogP contribution in [-0.2, 0) is 6.42 Å². The standard InChI is InChI=1S/C17H21N3/c1-2-10-18-17-13-15(9-11-19-17)20-12-5-7-14-6-3-4-8-16(14)20/h3-4,6,8-9,11,13H,2,5,7,10,12H2,1H3,(H,18,19). The first-order chi connectivity index (χ1) is 9.88. The van der Waals surface area contributed by atoms with Crippen molar-refractivity contribution in [1.29, 1.82) is 0 Å². The predicted octanol–water partition coefficient (Wildman–Crippen LogP) is 3.99. The minimum absolute atomic E-state index is 0.965. The number of anilines is 3. The van der Waals surface area contributed by atoms with Crippen molar-refractivity contribution < 1.29 is 0 Å². The van der Waals surface area contributed by atoms with E-state index in [-0.39, 0.29) is 0 Å². The molecular formula is C17H21N3. The molecule has 3 nitrogen and oxygen atoms in total. The maximum Gasteiger partial charge on any atom is 0.127 e.